The van der Waals surface area contributed by atoms with Gasteiger partial charge in [0.25, 0.3) is 0 Å². The molecule has 0 unspecified atom stereocenters. The highest BCUT2D eigenvalue weighted by molar-refractivity contribution is 5.87. The number of carbonyl (C=O) groups excluding carboxylic acids is 3. The minimum atomic E-state index is -1.18. The predicted octanol–water partition coefficient (Wildman–Crippen LogP) is 1.94. The van der Waals surface area contributed by atoms with Gasteiger partial charge in [0, 0.05) is 5.92 Å². The quantitative estimate of drug-likeness (QED) is 0.758. The number of amides is 2. The predicted molar refractivity (Wildman–Crippen MR) is 97.8 cm³/mol. The summed E-state index contributed by atoms with van der Waals surface area (Å²) in [5.74, 6) is -1.59. The van der Waals surface area contributed by atoms with Gasteiger partial charge in [-0.25, -0.2) is 9.59 Å². The summed E-state index contributed by atoms with van der Waals surface area (Å²) in [5.41, 5.74) is 9.48. The van der Waals surface area contributed by atoms with Crippen LogP contribution in [0.4, 0.5) is 4.79 Å². The Morgan fingerprint density at radius 1 is 1.04 bits per heavy atom. The Hall–Kier alpha value is -3.35. The van der Waals surface area contributed by atoms with Crippen LogP contribution in [0.1, 0.15) is 23.5 Å². The summed E-state index contributed by atoms with van der Waals surface area (Å²) in [4.78, 5) is 34.9. The van der Waals surface area contributed by atoms with Crippen molar-refractivity contribution in [3.05, 3.63) is 59.7 Å². The Morgan fingerprint density at radius 3 is 2.11 bits per heavy atom. The molecule has 0 heterocycles. The van der Waals surface area contributed by atoms with Crippen LogP contribution in [0.15, 0.2) is 48.5 Å². The lowest BCUT2D eigenvalue weighted by atomic mass is 9.98. The number of nitrogens with two attached hydrogens (primary N) is 1. The number of esters is 1. The fourth-order valence-electron chi connectivity index (χ4n) is 3.32. The molecule has 1 atom stereocenters. The van der Waals surface area contributed by atoms with Crippen molar-refractivity contribution in [2.24, 2.45) is 5.73 Å². The highest BCUT2D eigenvalue weighted by Crippen LogP contribution is 2.44. The van der Waals surface area contributed by atoms with E-state index in [4.69, 9.17) is 10.5 Å². The maximum absolute atomic E-state index is 12.1. The van der Waals surface area contributed by atoms with Gasteiger partial charge in [-0.3, -0.25) is 4.79 Å². The van der Waals surface area contributed by atoms with Crippen molar-refractivity contribution in [1.29, 1.82) is 0 Å². The zero-order valence-electron chi connectivity index (χ0n) is 14.8. The fraction of sp³-hybridized carbons (Fsp3) is 0.250. The van der Waals surface area contributed by atoms with Crippen LogP contribution in [0.2, 0.25) is 0 Å². The number of benzene rings is 2. The number of carbonyl (C=O) groups is 3. The highest BCUT2D eigenvalue weighted by Gasteiger charge is 2.30. The van der Waals surface area contributed by atoms with Crippen LogP contribution < -0.4 is 11.1 Å². The van der Waals surface area contributed by atoms with Gasteiger partial charge in [0.05, 0.1) is 13.5 Å². The van der Waals surface area contributed by atoms with E-state index in [0.29, 0.717) is 0 Å². The first-order valence-electron chi connectivity index (χ1n) is 8.49. The van der Waals surface area contributed by atoms with E-state index in [9.17, 15) is 14.4 Å². The molecule has 0 spiro atoms. The normalized spacial score (nSPS) is 13.2. The molecule has 0 aliphatic heterocycles. The van der Waals surface area contributed by atoms with E-state index in [1.165, 1.54) is 0 Å². The molecule has 1 aliphatic carbocycles. The smallest absolute Gasteiger partial charge is 0.407 e. The van der Waals surface area contributed by atoms with E-state index in [-0.39, 0.29) is 18.9 Å². The van der Waals surface area contributed by atoms with Gasteiger partial charge < -0.3 is 20.5 Å². The van der Waals surface area contributed by atoms with Crippen LogP contribution >= 0.6 is 0 Å². The van der Waals surface area contributed by atoms with Gasteiger partial charge in [-0.05, 0) is 22.3 Å². The van der Waals surface area contributed by atoms with Crippen molar-refractivity contribution < 1.29 is 23.9 Å². The summed E-state index contributed by atoms with van der Waals surface area (Å²) in [5, 5.41) is 2.33. The SMILES string of the molecule is COC(=O)[C@H](CC(N)=O)NC(=O)OCC1c2ccccc2-c2ccccc21. The molecule has 7 nitrogen and oxygen atoms in total. The average Bonchev–Trinajstić information content (AvgIpc) is 2.99. The Labute approximate surface area is 156 Å². The first-order chi connectivity index (χ1) is 13.0. The third kappa shape index (κ3) is 3.92. The topological polar surface area (TPSA) is 108 Å². The van der Waals surface area contributed by atoms with Crippen molar-refractivity contribution in [2.75, 3.05) is 13.7 Å². The number of primary amides is 1. The highest BCUT2D eigenvalue weighted by atomic mass is 16.6. The fourth-order valence-corrected chi connectivity index (χ4v) is 3.32. The number of alkyl carbamates (subject to hydrolysis) is 1. The third-order valence-corrected chi connectivity index (χ3v) is 4.53. The third-order valence-electron chi connectivity index (χ3n) is 4.53. The van der Waals surface area contributed by atoms with Crippen LogP contribution in [-0.2, 0) is 19.1 Å². The molecule has 0 saturated heterocycles. The number of hydrogen-bond donors (Lipinski definition) is 2. The van der Waals surface area contributed by atoms with Gasteiger partial charge in [-0.15, -0.1) is 0 Å². The molecule has 0 bridgehead atoms. The maximum Gasteiger partial charge on any atom is 0.407 e. The minimum Gasteiger partial charge on any atom is -0.467 e. The second kappa shape index (κ2) is 7.90. The zero-order chi connectivity index (χ0) is 19.4. The maximum atomic E-state index is 12.1. The molecule has 0 radical (unpaired) electrons. The summed E-state index contributed by atoms with van der Waals surface area (Å²) in [6.45, 7) is 0.102. The van der Waals surface area contributed by atoms with Gasteiger partial charge in [0.15, 0.2) is 0 Å². The van der Waals surface area contributed by atoms with Crippen LogP contribution in [0.25, 0.3) is 11.1 Å². The summed E-state index contributed by atoms with van der Waals surface area (Å²) in [6, 6.07) is 14.7. The van der Waals surface area contributed by atoms with Crippen molar-refractivity contribution in [3.63, 3.8) is 0 Å². The number of fused-ring (bicyclic) bond motifs is 3. The van der Waals surface area contributed by atoms with E-state index in [2.05, 4.69) is 10.1 Å². The van der Waals surface area contributed by atoms with Crippen LogP contribution in [-0.4, -0.2) is 37.7 Å². The lowest BCUT2D eigenvalue weighted by Gasteiger charge is -2.17. The number of hydrogen-bond acceptors (Lipinski definition) is 5. The van der Waals surface area contributed by atoms with Crippen molar-refractivity contribution in [1.82, 2.24) is 5.32 Å². The molecule has 2 aromatic rings. The Morgan fingerprint density at radius 2 is 1.59 bits per heavy atom. The lowest BCUT2D eigenvalue weighted by Crippen LogP contribution is -2.44. The lowest BCUT2D eigenvalue weighted by molar-refractivity contribution is -0.144. The summed E-state index contributed by atoms with van der Waals surface area (Å²) >= 11 is 0. The Bertz CT molecular complexity index is 835. The van der Waals surface area contributed by atoms with Gasteiger partial charge in [0.2, 0.25) is 5.91 Å². The second-order valence-corrected chi connectivity index (χ2v) is 6.22. The summed E-state index contributed by atoms with van der Waals surface area (Å²) in [7, 11) is 1.16. The Balaban J connectivity index is 1.70. The molecule has 3 N–H and O–H groups in total. The second-order valence-electron chi connectivity index (χ2n) is 6.22. The van der Waals surface area contributed by atoms with E-state index in [0.717, 1.165) is 29.4 Å². The molecule has 27 heavy (non-hydrogen) atoms. The van der Waals surface area contributed by atoms with E-state index < -0.39 is 24.0 Å². The van der Waals surface area contributed by atoms with E-state index in [1.54, 1.807) is 0 Å². The molecule has 140 valence electrons. The average molecular weight is 368 g/mol. The number of methoxy groups -OCH3 is 1. The molecule has 0 fully saturated rings. The Kier molecular flexibility index (Phi) is 5.40. The minimum absolute atomic E-state index is 0.101. The van der Waals surface area contributed by atoms with Crippen LogP contribution in [0, 0.1) is 0 Å². The molecule has 3 rings (SSSR count). The summed E-state index contributed by atoms with van der Waals surface area (Å²) in [6.07, 6.45) is -1.18. The van der Waals surface area contributed by atoms with Gasteiger partial charge in [-0.1, -0.05) is 48.5 Å². The standard InChI is InChI=1S/C20H20N2O5/c1-26-19(24)17(10-18(21)23)22-20(25)27-11-16-14-8-4-2-6-12(14)13-7-3-5-9-15(13)16/h2-9,16-17H,10-11H2,1H3,(H2,21,23)(H,22,25)/t17-/m0/s1. The monoisotopic (exact) mass is 368 g/mol. The van der Waals surface area contributed by atoms with Gasteiger partial charge in [-0.2, -0.15) is 0 Å². The largest absolute Gasteiger partial charge is 0.467 e. The van der Waals surface area contributed by atoms with Crippen LogP contribution in [0.3, 0.4) is 0 Å². The van der Waals surface area contributed by atoms with E-state index >= 15 is 0 Å². The first-order valence-corrected chi connectivity index (χ1v) is 8.49. The van der Waals surface area contributed by atoms with Gasteiger partial charge >= 0.3 is 12.1 Å². The molecular weight excluding hydrogens is 348 g/mol. The zero-order valence-corrected chi connectivity index (χ0v) is 14.8. The number of rotatable bonds is 6. The molecule has 2 amide bonds. The van der Waals surface area contributed by atoms with Gasteiger partial charge in [0.1, 0.15) is 12.6 Å². The van der Waals surface area contributed by atoms with E-state index in [1.807, 2.05) is 48.5 Å². The molecule has 2 aromatic carbocycles. The summed E-state index contributed by atoms with van der Waals surface area (Å²) < 4.78 is 9.90. The molecule has 7 heteroatoms. The molecular formula is C20H20N2O5. The first kappa shape index (κ1) is 18.4. The van der Waals surface area contributed by atoms with Crippen molar-refractivity contribution in [2.45, 2.75) is 18.4 Å². The van der Waals surface area contributed by atoms with Crippen LogP contribution in [0.5, 0.6) is 0 Å². The van der Waals surface area contributed by atoms with Crippen molar-refractivity contribution >= 4 is 18.0 Å². The number of nitrogens with one attached hydrogen (secondary N) is 1. The molecule has 0 aromatic heterocycles. The number of ether oxygens (including phenoxy) is 2. The molecule has 1 aliphatic rings. The van der Waals surface area contributed by atoms with Crippen molar-refractivity contribution in [3.8, 4) is 11.1 Å². The molecule has 0 saturated carbocycles.